The zero-order chi connectivity index (χ0) is 17.3. The monoisotopic (exact) mass is 328 g/mol. The SMILES string of the molecule is O=C1C=CC(=O)c2cc3c(cc21)CC1(C3)C(=O)c2ccccc2C1=O. The molecule has 0 fully saturated rings. The van der Waals surface area contributed by atoms with Gasteiger partial charge in [-0.05, 0) is 48.3 Å². The minimum absolute atomic E-state index is 0.155. The first kappa shape index (κ1) is 14.2. The number of ketones is 4. The Kier molecular flexibility index (Phi) is 2.55. The molecule has 4 heteroatoms. The van der Waals surface area contributed by atoms with Crippen molar-refractivity contribution in [2.45, 2.75) is 12.8 Å². The second-order valence-corrected chi connectivity index (χ2v) is 6.87. The summed E-state index contributed by atoms with van der Waals surface area (Å²) in [6.45, 7) is 0. The van der Waals surface area contributed by atoms with E-state index in [1.807, 2.05) is 0 Å². The van der Waals surface area contributed by atoms with Crippen LogP contribution in [-0.2, 0) is 12.8 Å². The van der Waals surface area contributed by atoms with Gasteiger partial charge in [0, 0.05) is 22.3 Å². The van der Waals surface area contributed by atoms with Gasteiger partial charge in [-0.3, -0.25) is 19.2 Å². The molecule has 0 heterocycles. The average Bonchev–Trinajstić information content (AvgIpc) is 3.10. The van der Waals surface area contributed by atoms with Gasteiger partial charge >= 0.3 is 0 Å². The number of allylic oxidation sites excluding steroid dienone is 2. The zero-order valence-corrected chi connectivity index (χ0v) is 13.2. The highest BCUT2D eigenvalue weighted by Gasteiger charge is 2.55. The smallest absolute Gasteiger partial charge is 0.186 e. The summed E-state index contributed by atoms with van der Waals surface area (Å²) in [5, 5.41) is 0. The van der Waals surface area contributed by atoms with E-state index < -0.39 is 5.41 Å². The highest BCUT2D eigenvalue weighted by atomic mass is 16.2. The first-order valence-electron chi connectivity index (χ1n) is 8.12. The summed E-state index contributed by atoms with van der Waals surface area (Å²) in [7, 11) is 0. The molecule has 0 atom stereocenters. The molecule has 0 bridgehead atoms. The summed E-state index contributed by atoms with van der Waals surface area (Å²) >= 11 is 0. The summed E-state index contributed by atoms with van der Waals surface area (Å²) in [5.74, 6) is -0.743. The Labute approximate surface area is 143 Å². The molecule has 0 aromatic heterocycles. The number of carbonyl (C=O) groups excluding carboxylic acids is 4. The summed E-state index contributed by atoms with van der Waals surface area (Å²) < 4.78 is 0. The fraction of sp³-hybridized carbons (Fsp3) is 0.143. The van der Waals surface area contributed by atoms with Crippen LogP contribution in [0.3, 0.4) is 0 Å². The Balaban J connectivity index is 1.65. The molecule has 2 aromatic carbocycles. The van der Waals surface area contributed by atoms with Crippen LogP contribution in [0.4, 0.5) is 0 Å². The van der Waals surface area contributed by atoms with Crippen molar-refractivity contribution in [3.05, 3.63) is 81.9 Å². The van der Waals surface area contributed by atoms with Gasteiger partial charge in [0.2, 0.25) is 0 Å². The summed E-state index contributed by atoms with van der Waals surface area (Å²) in [4.78, 5) is 50.1. The molecule has 0 saturated carbocycles. The van der Waals surface area contributed by atoms with Gasteiger partial charge in [0.25, 0.3) is 0 Å². The van der Waals surface area contributed by atoms with Crippen molar-refractivity contribution in [1.82, 2.24) is 0 Å². The molecule has 2 aromatic rings. The quantitative estimate of drug-likeness (QED) is 0.697. The molecule has 0 N–H and O–H groups in total. The molecule has 120 valence electrons. The molecule has 25 heavy (non-hydrogen) atoms. The highest BCUT2D eigenvalue weighted by Crippen LogP contribution is 2.47. The number of hydrogen-bond acceptors (Lipinski definition) is 4. The lowest BCUT2D eigenvalue weighted by Gasteiger charge is -2.18. The minimum atomic E-state index is -1.12. The van der Waals surface area contributed by atoms with Crippen LogP contribution in [0, 0.1) is 5.41 Å². The largest absolute Gasteiger partial charge is 0.293 e. The molecular weight excluding hydrogens is 316 g/mol. The molecule has 0 amide bonds. The van der Waals surface area contributed by atoms with Crippen LogP contribution in [0.25, 0.3) is 0 Å². The van der Waals surface area contributed by atoms with Crippen LogP contribution in [0.15, 0.2) is 48.6 Å². The van der Waals surface area contributed by atoms with Gasteiger partial charge in [-0.2, -0.15) is 0 Å². The van der Waals surface area contributed by atoms with Crippen LogP contribution in [0.2, 0.25) is 0 Å². The lowest BCUT2D eigenvalue weighted by Crippen LogP contribution is -2.34. The molecule has 0 saturated heterocycles. The van der Waals surface area contributed by atoms with Gasteiger partial charge in [0.1, 0.15) is 5.41 Å². The van der Waals surface area contributed by atoms with Crippen LogP contribution >= 0.6 is 0 Å². The van der Waals surface area contributed by atoms with Gasteiger partial charge in [0.05, 0.1) is 0 Å². The first-order chi connectivity index (χ1) is 12.0. The van der Waals surface area contributed by atoms with E-state index in [1.165, 1.54) is 12.2 Å². The van der Waals surface area contributed by atoms with E-state index in [2.05, 4.69) is 0 Å². The summed E-state index contributed by atoms with van der Waals surface area (Å²) in [6.07, 6.45) is 3.10. The average molecular weight is 328 g/mol. The third-order valence-corrected chi connectivity index (χ3v) is 5.53. The van der Waals surface area contributed by atoms with E-state index in [1.54, 1.807) is 36.4 Å². The predicted octanol–water partition coefficient (Wildman–Crippen LogP) is 2.79. The maximum absolute atomic E-state index is 13.0. The third kappa shape index (κ3) is 1.66. The predicted molar refractivity (Wildman–Crippen MR) is 89.2 cm³/mol. The molecule has 0 aliphatic heterocycles. The maximum atomic E-state index is 13.0. The number of hydrogen-bond donors (Lipinski definition) is 0. The van der Waals surface area contributed by atoms with Gasteiger partial charge in [0.15, 0.2) is 23.1 Å². The number of benzene rings is 2. The molecule has 4 nitrogen and oxygen atoms in total. The number of rotatable bonds is 0. The lowest BCUT2D eigenvalue weighted by atomic mass is 9.80. The fourth-order valence-electron chi connectivity index (χ4n) is 4.29. The van der Waals surface area contributed by atoms with Crippen molar-refractivity contribution in [2.75, 3.05) is 0 Å². The lowest BCUT2D eigenvalue weighted by molar-refractivity contribution is 0.0710. The van der Waals surface area contributed by atoms with Crippen molar-refractivity contribution in [1.29, 1.82) is 0 Å². The Morgan fingerprint density at radius 3 is 1.52 bits per heavy atom. The van der Waals surface area contributed by atoms with E-state index >= 15 is 0 Å². The van der Waals surface area contributed by atoms with Crippen molar-refractivity contribution in [3.8, 4) is 0 Å². The van der Waals surface area contributed by atoms with Crippen molar-refractivity contribution in [2.24, 2.45) is 5.41 Å². The van der Waals surface area contributed by atoms with Gasteiger partial charge in [-0.25, -0.2) is 0 Å². The van der Waals surface area contributed by atoms with Crippen LogP contribution in [0.5, 0.6) is 0 Å². The summed E-state index contributed by atoms with van der Waals surface area (Å²) in [5.41, 5.74) is 2.17. The van der Waals surface area contributed by atoms with E-state index in [4.69, 9.17) is 0 Å². The second kappa shape index (κ2) is 4.48. The third-order valence-electron chi connectivity index (χ3n) is 5.53. The molecule has 0 unspecified atom stereocenters. The van der Waals surface area contributed by atoms with Crippen molar-refractivity contribution in [3.63, 3.8) is 0 Å². The highest BCUT2D eigenvalue weighted by molar-refractivity contribution is 6.30. The van der Waals surface area contributed by atoms with Crippen LogP contribution < -0.4 is 0 Å². The summed E-state index contributed by atoms with van der Waals surface area (Å²) in [6, 6.07) is 10.3. The topological polar surface area (TPSA) is 68.3 Å². The minimum Gasteiger partial charge on any atom is -0.293 e. The second-order valence-electron chi connectivity index (χ2n) is 6.87. The van der Waals surface area contributed by atoms with Gasteiger partial charge in [-0.1, -0.05) is 24.3 Å². The van der Waals surface area contributed by atoms with E-state index in [0.717, 1.165) is 11.1 Å². The maximum Gasteiger partial charge on any atom is 0.186 e. The van der Waals surface area contributed by atoms with Crippen LogP contribution in [-0.4, -0.2) is 23.1 Å². The van der Waals surface area contributed by atoms with E-state index in [0.29, 0.717) is 22.3 Å². The van der Waals surface area contributed by atoms with Gasteiger partial charge < -0.3 is 0 Å². The Bertz CT molecular complexity index is 987. The standard InChI is InChI=1S/C21H12O4/c22-17-5-6-18(23)16-8-12-10-21(9-11(12)7-15(16)17)19(24)13-3-1-2-4-14(13)20(21)25/h1-8H,9-10H2. The first-order valence-corrected chi connectivity index (χ1v) is 8.12. The van der Waals surface area contributed by atoms with Crippen LogP contribution in [0.1, 0.15) is 52.6 Å². The molecule has 5 rings (SSSR count). The Morgan fingerprint density at radius 2 is 1.08 bits per heavy atom. The van der Waals surface area contributed by atoms with E-state index in [9.17, 15) is 19.2 Å². The molecule has 3 aliphatic carbocycles. The normalized spacial score (nSPS) is 19.4. The zero-order valence-electron chi connectivity index (χ0n) is 13.2. The molecule has 3 aliphatic rings. The number of Topliss-reactive ketones (excluding diaryl/α,β-unsaturated/α-hetero) is 2. The van der Waals surface area contributed by atoms with Gasteiger partial charge in [-0.15, -0.1) is 0 Å². The van der Waals surface area contributed by atoms with E-state index in [-0.39, 0.29) is 36.0 Å². The Morgan fingerprint density at radius 1 is 0.640 bits per heavy atom. The number of carbonyl (C=O) groups is 4. The molecular formula is C21H12O4. The molecule has 0 radical (unpaired) electrons. The van der Waals surface area contributed by atoms with Crippen molar-refractivity contribution >= 4 is 23.1 Å². The number of fused-ring (bicyclic) bond motifs is 3. The Hall–Kier alpha value is -3.14. The molecule has 1 spiro atoms. The van der Waals surface area contributed by atoms with Crippen molar-refractivity contribution < 1.29 is 19.2 Å². The fourth-order valence-corrected chi connectivity index (χ4v) is 4.29.